The van der Waals surface area contributed by atoms with E-state index in [2.05, 4.69) is 119 Å². The summed E-state index contributed by atoms with van der Waals surface area (Å²) < 4.78 is 0. The van der Waals surface area contributed by atoms with Crippen LogP contribution in [0.1, 0.15) is 0 Å². The van der Waals surface area contributed by atoms with E-state index in [-0.39, 0.29) is 0 Å². The number of hydrogen-bond donors (Lipinski definition) is 0. The van der Waals surface area contributed by atoms with E-state index in [1.54, 1.807) is 0 Å². The minimum atomic E-state index is 0.830. The Kier molecular flexibility index (Phi) is 4.75. The van der Waals surface area contributed by atoms with Crippen LogP contribution in [0.25, 0.3) is 21.5 Å². The number of anilines is 2. The van der Waals surface area contributed by atoms with Crippen molar-refractivity contribution < 1.29 is 0 Å². The summed E-state index contributed by atoms with van der Waals surface area (Å²) in [7, 11) is 0. The quantitative estimate of drug-likeness (QED) is 0.400. The summed E-state index contributed by atoms with van der Waals surface area (Å²) in [6, 6.07) is 30.5. The molecule has 0 unspecified atom stereocenters. The van der Waals surface area contributed by atoms with E-state index in [1.165, 1.54) is 32.9 Å². The third-order valence-corrected chi connectivity index (χ3v) is 5.59. The molecule has 0 saturated heterocycles. The molecule has 0 fully saturated rings. The number of fused-ring (bicyclic) bond motifs is 2. The zero-order chi connectivity index (χ0) is 19.5. The van der Waals surface area contributed by atoms with Crippen LogP contribution >= 0.6 is 0 Å². The summed E-state index contributed by atoms with van der Waals surface area (Å²) in [6.45, 7) is 2.58. The minimum Gasteiger partial charge on any atom is -0.350 e. The fraction of sp³-hybridized carbons (Fsp3) is 0.111. The van der Waals surface area contributed by atoms with Gasteiger partial charge in [-0.2, -0.15) is 0 Å². The Morgan fingerprint density at radius 2 is 0.931 bits per heavy atom. The van der Waals surface area contributed by atoms with Crippen LogP contribution in [0, 0.1) is 0 Å². The zero-order valence-corrected chi connectivity index (χ0v) is 16.4. The maximum atomic E-state index is 2.47. The predicted octanol–water partition coefficient (Wildman–Crippen LogP) is 6.39. The van der Waals surface area contributed by atoms with Crippen LogP contribution in [0.4, 0.5) is 11.4 Å². The van der Waals surface area contributed by atoms with Gasteiger partial charge in [-0.05, 0) is 22.9 Å². The van der Waals surface area contributed by atoms with Crippen LogP contribution < -0.4 is 9.80 Å². The summed E-state index contributed by atoms with van der Waals surface area (Å²) >= 11 is 0. The molecular formula is C27H24N2. The van der Waals surface area contributed by atoms with Gasteiger partial charge in [0.1, 0.15) is 0 Å². The van der Waals surface area contributed by atoms with Crippen LogP contribution in [0.15, 0.2) is 109 Å². The van der Waals surface area contributed by atoms with E-state index in [0.717, 1.165) is 19.8 Å². The first kappa shape index (κ1) is 17.6. The molecule has 0 atom stereocenters. The molecule has 0 spiro atoms. The molecule has 0 N–H and O–H groups in total. The second-order valence-electron chi connectivity index (χ2n) is 7.44. The molecule has 5 rings (SSSR count). The largest absolute Gasteiger partial charge is 0.350 e. The molecule has 0 aliphatic carbocycles. The van der Waals surface area contributed by atoms with E-state index >= 15 is 0 Å². The summed E-state index contributed by atoms with van der Waals surface area (Å²) in [5, 5.41) is 5.16. The van der Waals surface area contributed by atoms with Gasteiger partial charge < -0.3 is 9.80 Å². The highest BCUT2D eigenvalue weighted by molar-refractivity contribution is 5.96. The zero-order valence-electron chi connectivity index (χ0n) is 16.4. The number of hydrogen-bond acceptors (Lipinski definition) is 2. The summed E-state index contributed by atoms with van der Waals surface area (Å²) in [5.74, 6) is 0. The van der Waals surface area contributed by atoms with Crippen molar-refractivity contribution in [1.29, 1.82) is 0 Å². The first-order valence-electron chi connectivity index (χ1n) is 10.2. The van der Waals surface area contributed by atoms with Gasteiger partial charge in [-0.1, -0.05) is 97.1 Å². The molecular weight excluding hydrogens is 352 g/mol. The molecule has 0 bridgehead atoms. The lowest BCUT2D eigenvalue weighted by Gasteiger charge is -2.33. The Labute approximate surface area is 172 Å². The van der Waals surface area contributed by atoms with Gasteiger partial charge in [0.05, 0.1) is 6.67 Å². The number of benzene rings is 4. The van der Waals surface area contributed by atoms with E-state index < -0.39 is 0 Å². The summed E-state index contributed by atoms with van der Waals surface area (Å²) in [5.41, 5.74) is 2.56. The van der Waals surface area contributed by atoms with Gasteiger partial charge in [-0.25, -0.2) is 0 Å². The smallest absolute Gasteiger partial charge is 0.0909 e. The van der Waals surface area contributed by atoms with Crippen molar-refractivity contribution >= 4 is 32.9 Å². The molecule has 29 heavy (non-hydrogen) atoms. The van der Waals surface area contributed by atoms with Gasteiger partial charge in [-0.3, -0.25) is 0 Å². The van der Waals surface area contributed by atoms with Crippen LogP contribution in [-0.4, -0.2) is 19.8 Å². The summed E-state index contributed by atoms with van der Waals surface area (Å²) in [6.07, 6.45) is 8.80. The molecule has 1 aliphatic heterocycles. The van der Waals surface area contributed by atoms with Gasteiger partial charge in [0.2, 0.25) is 0 Å². The minimum absolute atomic E-state index is 0.830. The normalized spacial score (nSPS) is 17.0. The monoisotopic (exact) mass is 376 g/mol. The van der Waals surface area contributed by atoms with Crippen molar-refractivity contribution in [1.82, 2.24) is 0 Å². The van der Waals surface area contributed by atoms with Crippen molar-refractivity contribution in [3.8, 4) is 0 Å². The summed E-state index contributed by atoms with van der Waals surface area (Å²) in [4.78, 5) is 4.93. The molecule has 0 radical (unpaired) electrons. The Hall–Kier alpha value is -3.52. The van der Waals surface area contributed by atoms with Gasteiger partial charge in [0, 0.05) is 35.2 Å². The molecule has 1 aliphatic rings. The Balaban J connectivity index is 1.59. The van der Waals surface area contributed by atoms with Crippen molar-refractivity contribution in [2.24, 2.45) is 0 Å². The SMILES string of the molecule is C1=C\CN(c2cccc3ccccc23)CN(c2cccc3ccccc23)C\C=C/1. The highest BCUT2D eigenvalue weighted by atomic mass is 15.3. The highest BCUT2D eigenvalue weighted by Gasteiger charge is 2.16. The molecule has 1 heterocycles. The molecule has 0 amide bonds. The molecule has 4 aromatic carbocycles. The van der Waals surface area contributed by atoms with Crippen LogP contribution in [-0.2, 0) is 0 Å². The lowest BCUT2D eigenvalue weighted by Crippen LogP contribution is -2.38. The lowest BCUT2D eigenvalue weighted by atomic mass is 10.1. The fourth-order valence-electron chi connectivity index (χ4n) is 4.17. The van der Waals surface area contributed by atoms with Crippen molar-refractivity contribution in [2.75, 3.05) is 29.6 Å². The van der Waals surface area contributed by atoms with Gasteiger partial charge in [-0.15, -0.1) is 0 Å². The molecule has 0 saturated carbocycles. The predicted molar refractivity (Wildman–Crippen MR) is 126 cm³/mol. The third kappa shape index (κ3) is 3.50. The van der Waals surface area contributed by atoms with Crippen LogP contribution in [0.5, 0.6) is 0 Å². The van der Waals surface area contributed by atoms with E-state index in [0.29, 0.717) is 0 Å². The molecule has 0 aromatic heterocycles. The van der Waals surface area contributed by atoms with Crippen LogP contribution in [0.3, 0.4) is 0 Å². The van der Waals surface area contributed by atoms with Gasteiger partial charge >= 0.3 is 0 Å². The van der Waals surface area contributed by atoms with E-state index in [4.69, 9.17) is 0 Å². The van der Waals surface area contributed by atoms with E-state index in [1.807, 2.05) is 0 Å². The topological polar surface area (TPSA) is 6.48 Å². The van der Waals surface area contributed by atoms with Gasteiger partial charge in [0.15, 0.2) is 0 Å². The van der Waals surface area contributed by atoms with Crippen molar-refractivity contribution in [2.45, 2.75) is 0 Å². The Morgan fingerprint density at radius 3 is 1.45 bits per heavy atom. The van der Waals surface area contributed by atoms with E-state index in [9.17, 15) is 0 Å². The molecule has 2 nitrogen and oxygen atoms in total. The van der Waals surface area contributed by atoms with Gasteiger partial charge in [0.25, 0.3) is 0 Å². The molecule has 142 valence electrons. The highest BCUT2D eigenvalue weighted by Crippen LogP contribution is 2.30. The molecule has 2 heteroatoms. The van der Waals surface area contributed by atoms with Crippen molar-refractivity contribution in [3.63, 3.8) is 0 Å². The molecule has 4 aromatic rings. The second-order valence-corrected chi connectivity index (χ2v) is 7.44. The number of allylic oxidation sites excluding steroid dienone is 2. The Morgan fingerprint density at radius 1 is 0.483 bits per heavy atom. The maximum absolute atomic E-state index is 2.47. The standard InChI is InChI=1S/C27H24N2/c1-2-8-20-29(27-18-10-14-23-12-4-6-16-25(23)27)21-28(19-7-1)26-17-9-13-22-11-3-5-15-24(22)26/h1-18H,19-21H2/b7-1-,8-2-. The van der Waals surface area contributed by atoms with Crippen molar-refractivity contribution in [3.05, 3.63) is 109 Å². The second kappa shape index (κ2) is 7.84. The van der Waals surface area contributed by atoms with Crippen LogP contribution in [0.2, 0.25) is 0 Å². The first-order valence-corrected chi connectivity index (χ1v) is 10.2. The Bertz CT molecular complexity index is 1100. The fourth-order valence-corrected chi connectivity index (χ4v) is 4.17. The number of rotatable bonds is 2. The number of nitrogens with zero attached hydrogens (tertiary/aromatic N) is 2. The first-order chi connectivity index (χ1) is 14.4. The maximum Gasteiger partial charge on any atom is 0.0909 e. The average Bonchev–Trinajstić information content (AvgIpc) is 2.90. The average molecular weight is 377 g/mol. The lowest BCUT2D eigenvalue weighted by molar-refractivity contribution is 0.797. The third-order valence-electron chi connectivity index (χ3n) is 5.59.